The molecule has 4 aromatic carbocycles. The topological polar surface area (TPSA) is 101 Å². The zero-order valence-corrected chi connectivity index (χ0v) is 23.8. The van der Waals surface area contributed by atoms with E-state index in [1.807, 2.05) is 103 Å². The zero-order chi connectivity index (χ0) is 30.2. The van der Waals surface area contributed by atoms with Crippen molar-refractivity contribution < 1.29 is 24.3 Å². The number of carbonyl (C=O) groups is 4. The molecule has 6 nitrogen and oxygen atoms in total. The van der Waals surface area contributed by atoms with Crippen LogP contribution in [0.25, 0.3) is 16.3 Å². The Morgan fingerprint density at radius 1 is 0.750 bits per heavy atom. The molecule has 1 saturated heterocycles. The van der Waals surface area contributed by atoms with Gasteiger partial charge < -0.3 is 5.11 Å². The molecule has 0 aromatic heterocycles. The molecular formula is C38H29NO5. The molecule has 4 aliphatic rings. The number of hydrogen-bond acceptors (Lipinski definition) is 5. The van der Waals surface area contributed by atoms with E-state index < -0.39 is 35.0 Å². The molecule has 0 bridgehead atoms. The summed E-state index contributed by atoms with van der Waals surface area (Å²) in [5, 5.41) is 16.0. The van der Waals surface area contributed by atoms with Crippen molar-refractivity contribution in [2.24, 2.45) is 23.7 Å². The van der Waals surface area contributed by atoms with Gasteiger partial charge >= 0.3 is 0 Å². The van der Waals surface area contributed by atoms with Gasteiger partial charge in [-0.3, -0.25) is 24.5 Å². The van der Waals surface area contributed by atoms with Crippen LogP contribution in [0.3, 0.4) is 0 Å². The van der Waals surface area contributed by atoms with E-state index in [2.05, 4.69) is 5.32 Å². The number of allylic oxidation sites excluding steroid dienone is 4. The van der Waals surface area contributed by atoms with Crippen LogP contribution in [0, 0.1) is 23.7 Å². The predicted molar refractivity (Wildman–Crippen MR) is 165 cm³/mol. The summed E-state index contributed by atoms with van der Waals surface area (Å²) in [6, 6.07) is 29.9. The Morgan fingerprint density at radius 3 is 2.23 bits per heavy atom. The number of hydrogen-bond donors (Lipinski definition) is 2. The van der Waals surface area contributed by atoms with Crippen molar-refractivity contribution in [3.8, 4) is 5.75 Å². The molecular weight excluding hydrogens is 550 g/mol. The van der Waals surface area contributed by atoms with E-state index in [4.69, 9.17) is 0 Å². The Labute approximate surface area is 254 Å². The van der Waals surface area contributed by atoms with Gasteiger partial charge in [0, 0.05) is 28.4 Å². The number of phenolic OH excluding ortho intramolecular Hbond substituents is 1. The summed E-state index contributed by atoms with van der Waals surface area (Å²) in [5.74, 6) is -4.16. The number of phenols is 1. The van der Waals surface area contributed by atoms with Crippen LogP contribution in [0.1, 0.15) is 35.4 Å². The normalized spacial score (nSPS) is 29.3. The maximum absolute atomic E-state index is 15.0. The summed E-state index contributed by atoms with van der Waals surface area (Å²) >= 11 is 0. The predicted octanol–water partition coefficient (Wildman–Crippen LogP) is 5.66. The second-order valence-electron chi connectivity index (χ2n) is 12.4. The molecule has 0 spiro atoms. The monoisotopic (exact) mass is 579 g/mol. The van der Waals surface area contributed by atoms with E-state index in [9.17, 15) is 24.3 Å². The lowest BCUT2D eigenvalue weighted by Gasteiger charge is -2.55. The van der Waals surface area contributed by atoms with Crippen LogP contribution in [0.4, 0.5) is 0 Å². The number of fused-ring (bicyclic) bond motifs is 5. The standard InChI is InChI=1S/C38H29NO5/c40-31-20-28(21-9-3-1-4-10-21)35(42)30-19-29-25(17-18-26-32(29)37(44)39-36(26)43)33(38(30,31)23-12-5-2-6-13-23)27-16-15-22-11-7-8-14-24(22)34(27)41/h1-17,20,26,29-30,32-33,41H,18-19H2,(H,39,43,44). The van der Waals surface area contributed by atoms with Gasteiger partial charge in [-0.15, -0.1) is 0 Å². The smallest absolute Gasteiger partial charge is 0.231 e. The molecule has 8 rings (SSSR count). The Balaban J connectivity index is 1.45. The van der Waals surface area contributed by atoms with Gasteiger partial charge in [0.25, 0.3) is 0 Å². The lowest BCUT2D eigenvalue weighted by Crippen LogP contribution is -2.58. The van der Waals surface area contributed by atoms with E-state index in [0.29, 0.717) is 34.1 Å². The molecule has 2 fully saturated rings. The maximum atomic E-state index is 15.0. The van der Waals surface area contributed by atoms with Crippen molar-refractivity contribution in [3.05, 3.63) is 131 Å². The molecule has 2 N–H and O–H groups in total. The molecule has 0 radical (unpaired) electrons. The maximum Gasteiger partial charge on any atom is 0.231 e. The summed E-state index contributed by atoms with van der Waals surface area (Å²) in [6.45, 7) is 0. The largest absolute Gasteiger partial charge is 0.507 e. The van der Waals surface area contributed by atoms with Gasteiger partial charge in [0.2, 0.25) is 11.8 Å². The van der Waals surface area contributed by atoms with Gasteiger partial charge in [-0.05, 0) is 41.3 Å². The van der Waals surface area contributed by atoms with Gasteiger partial charge in [-0.25, -0.2) is 0 Å². The number of Topliss-reactive ketones (excluding diaryl/α,β-unsaturated/α-hetero) is 1. The number of nitrogens with one attached hydrogen (secondary N) is 1. The highest BCUT2D eigenvalue weighted by molar-refractivity contribution is 6.31. The fourth-order valence-corrected chi connectivity index (χ4v) is 8.63. The van der Waals surface area contributed by atoms with E-state index >= 15 is 0 Å². The average Bonchev–Trinajstić information content (AvgIpc) is 3.36. The summed E-state index contributed by atoms with van der Waals surface area (Å²) in [5.41, 5.74) is 1.70. The average molecular weight is 580 g/mol. The fraction of sp³-hybridized carbons (Fsp3) is 0.211. The number of aromatic hydroxyl groups is 1. The van der Waals surface area contributed by atoms with E-state index in [1.54, 1.807) is 0 Å². The summed E-state index contributed by atoms with van der Waals surface area (Å²) in [7, 11) is 0. The third kappa shape index (κ3) is 3.54. The highest BCUT2D eigenvalue weighted by Crippen LogP contribution is 2.64. The van der Waals surface area contributed by atoms with Crippen LogP contribution in [0.15, 0.2) is 115 Å². The first-order valence-electron chi connectivity index (χ1n) is 15.1. The van der Waals surface area contributed by atoms with Crippen LogP contribution in [0.2, 0.25) is 0 Å². The first-order valence-corrected chi connectivity index (χ1v) is 15.1. The van der Waals surface area contributed by atoms with Gasteiger partial charge in [0.15, 0.2) is 11.6 Å². The number of benzene rings is 4. The third-order valence-electron chi connectivity index (χ3n) is 10.5. The Bertz CT molecular complexity index is 1960. The van der Waals surface area contributed by atoms with Crippen LogP contribution in [-0.4, -0.2) is 28.5 Å². The molecule has 6 atom stereocenters. The number of rotatable bonds is 3. The SMILES string of the molecule is O=C1NC(=O)C2C1CC=C1C2CC2C(=O)C(c3ccccc3)=CC(=O)C2(c2ccccc2)C1c1ccc2ccccc2c1O. The first kappa shape index (κ1) is 26.5. The fourth-order valence-electron chi connectivity index (χ4n) is 8.63. The molecule has 1 saturated carbocycles. The van der Waals surface area contributed by atoms with Gasteiger partial charge in [0.1, 0.15) is 5.75 Å². The molecule has 3 aliphatic carbocycles. The van der Waals surface area contributed by atoms with E-state index in [-0.39, 0.29) is 35.6 Å². The summed E-state index contributed by atoms with van der Waals surface area (Å²) in [4.78, 5) is 56.0. The minimum absolute atomic E-state index is 0.0517. The number of imide groups is 1. The molecule has 216 valence electrons. The van der Waals surface area contributed by atoms with E-state index in [0.717, 1.165) is 11.0 Å². The van der Waals surface area contributed by atoms with Gasteiger partial charge in [-0.2, -0.15) is 0 Å². The lowest BCUT2D eigenvalue weighted by molar-refractivity contribution is -0.135. The van der Waals surface area contributed by atoms with Crippen LogP contribution in [0.5, 0.6) is 5.75 Å². The highest BCUT2D eigenvalue weighted by atomic mass is 16.3. The number of amides is 2. The number of carbonyl (C=O) groups excluding carboxylic acids is 4. The minimum atomic E-state index is -1.37. The van der Waals surface area contributed by atoms with Crippen molar-refractivity contribution in [1.29, 1.82) is 0 Å². The second-order valence-corrected chi connectivity index (χ2v) is 12.4. The Morgan fingerprint density at radius 2 is 1.45 bits per heavy atom. The van der Waals surface area contributed by atoms with Crippen molar-refractivity contribution >= 4 is 39.7 Å². The van der Waals surface area contributed by atoms with Crippen molar-refractivity contribution in [2.45, 2.75) is 24.2 Å². The Kier molecular flexibility index (Phi) is 5.85. The minimum Gasteiger partial charge on any atom is -0.507 e. The first-order chi connectivity index (χ1) is 21.4. The van der Waals surface area contributed by atoms with Crippen molar-refractivity contribution in [1.82, 2.24) is 5.32 Å². The van der Waals surface area contributed by atoms with Crippen LogP contribution < -0.4 is 5.32 Å². The number of ketones is 2. The molecule has 44 heavy (non-hydrogen) atoms. The second kappa shape index (κ2) is 9.71. The zero-order valence-electron chi connectivity index (χ0n) is 23.8. The molecule has 6 heteroatoms. The van der Waals surface area contributed by atoms with Crippen LogP contribution >= 0.6 is 0 Å². The summed E-state index contributed by atoms with van der Waals surface area (Å²) in [6.07, 6.45) is 4.08. The lowest BCUT2D eigenvalue weighted by atomic mass is 9.44. The van der Waals surface area contributed by atoms with Gasteiger partial charge in [-0.1, -0.05) is 109 Å². The molecule has 6 unspecified atom stereocenters. The molecule has 1 aliphatic heterocycles. The van der Waals surface area contributed by atoms with E-state index in [1.165, 1.54) is 6.08 Å². The van der Waals surface area contributed by atoms with Crippen molar-refractivity contribution in [3.63, 3.8) is 0 Å². The van der Waals surface area contributed by atoms with Crippen LogP contribution in [-0.2, 0) is 24.6 Å². The molecule has 1 heterocycles. The van der Waals surface area contributed by atoms with Crippen molar-refractivity contribution in [2.75, 3.05) is 0 Å². The quantitative estimate of drug-likeness (QED) is 0.241. The molecule has 2 amide bonds. The molecule has 4 aromatic rings. The third-order valence-corrected chi connectivity index (χ3v) is 10.5. The summed E-state index contributed by atoms with van der Waals surface area (Å²) < 4.78 is 0. The highest BCUT2D eigenvalue weighted by Gasteiger charge is 2.65. The Hall–Kier alpha value is -5.10. The van der Waals surface area contributed by atoms with Gasteiger partial charge in [0.05, 0.1) is 17.3 Å².